The smallest absolute Gasteiger partial charge is 0.224 e. The summed E-state index contributed by atoms with van der Waals surface area (Å²) in [6.07, 6.45) is 5.47. The Labute approximate surface area is 155 Å². The first-order chi connectivity index (χ1) is 10.7. The van der Waals surface area contributed by atoms with Gasteiger partial charge in [0.05, 0.1) is 18.9 Å². The van der Waals surface area contributed by atoms with Crippen LogP contribution in [0.25, 0.3) is 0 Å². The van der Waals surface area contributed by atoms with Crippen LogP contribution in [0.3, 0.4) is 0 Å². The van der Waals surface area contributed by atoms with E-state index in [9.17, 15) is 4.79 Å². The number of aromatic nitrogens is 1. The first kappa shape index (κ1) is 21.0. The lowest BCUT2D eigenvalue weighted by molar-refractivity contribution is -0.117. The standard InChI is InChI=1S/C16H24N4O2.2ClH/c17-13-4-1-3-12(13)11-15(21)19-14-5-2-6-18-16(14)20-7-9-22-10-8-20;;/h2,5-6,12-13H,1,3-4,7-11,17H2,(H,19,21);2*1H/t12-,13+;;/m0../s1. The minimum absolute atomic E-state index is 0. The summed E-state index contributed by atoms with van der Waals surface area (Å²) in [5.74, 6) is 1.17. The molecule has 1 amide bonds. The average Bonchev–Trinajstić information content (AvgIpc) is 2.94. The van der Waals surface area contributed by atoms with Gasteiger partial charge in [0.2, 0.25) is 5.91 Å². The minimum atomic E-state index is 0. The van der Waals surface area contributed by atoms with Crippen molar-refractivity contribution < 1.29 is 9.53 Å². The van der Waals surface area contributed by atoms with Crippen LogP contribution in [0.1, 0.15) is 25.7 Å². The zero-order valence-electron chi connectivity index (χ0n) is 13.6. The maximum Gasteiger partial charge on any atom is 0.224 e. The number of carbonyl (C=O) groups is 1. The van der Waals surface area contributed by atoms with Crippen LogP contribution in [0, 0.1) is 5.92 Å². The van der Waals surface area contributed by atoms with Crippen LogP contribution >= 0.6 is 24.8 Å². The van der Waals surface area contributed by atoms with Crippen molar-refractivity contribution in [1.82, 2.24) is 4.98 Å². The summed E-state index contributed by atoms with van der Waals surface area (Å²) in [5, 5.41) is 3.02. The molecule has 0 bridgehead atoms. The number of anilines is 2. The van der Waals surface area contributed by atoms with Crippen molar-refractivity contribution in [2.75, 3.05) is 36.5 Å². The van der Waals surface area contributed by atoms with Crippen molar-refractivity contribution >= 4 is 42.2 Å². The first-order valence-electron chi connectivity index (χ1n) is 8.07. The van der Waals surface area contributed by atoms with Gasteiger partial charge < -0.3 is 20.7 Å². The van der Waals surface area contributed by atoms with Gasteiger partial charge in [0.1, 0.15) is 0 Å². The summed E-state index contributed by atoms with van der Waals surface area (Å²) in [4.78, 5) is 18.9. The first-order valence-corrected chi connectivity index (χ1v) is 8.07. The van der Waals surface area contributed by atoms with Crippen LogP contribution in [0.5, 0.6) is 0 Å². The highest BCUT2D eigenvalue weighted by molar-refractivity contribution is 5.93. The van der Waals surface area contributed by atoms with Gasteiger partial charge in [-0.2, -0.15) is 0 Å². The summed E-state index contributed by atoms with van der Waals surface area (Å²) in [7, 11) is 0. The van der Waals surface area contributed by atoms with E-state index in [-0.39, 0.29) is 36.8 Å². The summed E-state index contributed by atoms with van der Waals surface area (Å²) < 4.78 is 5.37. The lowest BCUT2D eigenvalue weighted by Gasteiger charge is -2.29. The molecule has 8 heteroatoms. The van der Waals surface area contributed by atoms with E-state index in [4.69, 9.17) is 10.5 Å². The Morgan fingerprint density at radius 1 is 1.33 bits per heavy atom. The van der Waals surface area contributed by atoms with Gasteiger partial charge in [0.25, 0.3) is 0 Å². The molecule has 2 fully saturated rings. The monoisotopic (exact) mass is 376 g/mol. The summed E-state index contributed by atoms with van der Waals surface area (Å²) in [5.41, 5.74) is 6.83. The van der Waals surface area contributed by atoms with Crippen molar-refractivity contribution in [3.63, 3.8) is 0 Å². The molecule has 0 radical (unpaired) electrons. The van der Waals surface area contributed by atoms with Crippen LogP contribution in [-0.4, -0.2) is 43.2 Å². The van der Waals surface area contributed by atoms with E-state index in [0.29, 0.717) is 25.6 Å². The third-order valence-corrected chi connectivity index (χ3v) is 4.54. The second-order valence-electron chi connectivity index (χ2n) is 6.08. The molecule has 1 aliphatic heterocycles. The number of halogens is 2. The minimum Gasteiger partial charge on any atom is -0.378 e. The molecule has 6 nitrogen and oxygen atoms in total. The van der Waals surface area contributed by atoms with E-state index in [1.165, 1.54) is 0 Å². The molecule has 2 heterocycles. The lowest BCUT2D eigenvalue weighted by atomic mass is 10.00. The number of hydrogen-bond donors (Lipinski definition) is 2. The Morgan fingerprint density at radius 2 is 2.08 bits per heavy atom. The summed E-state index contributed by atoms with van der Waals surface area (Å²) in [6.45, 7) is 2.99. The normalized spacial score (nSPS) is 23.1. The van der Waals surface area contributed by atoms with Crippen molar-refractivity contribution in [3.8, 4) is 0 Å². The molecular weight excluding hydrogens is 351 g/mol. The maximum atomic E-state index is 12.3. The molecular formula is C16H26Cl2N4O2. The van der Waals surface area contributed by atoms with Crippen LogP contribution in [0.4, 0.5) is 11.5 Å². The fourth-order valence-electron chi connectivity index (χ4n) is 3.28. The van der Waals surface area contributed by atoms with Gasteiger partial charge in [-0.1, -0.05) is 6.42 Å². The number of morpholine rings is 1. The topological polar surface area (TPSA) is 80.5 Å². The number of pyridine rings is 1. The largest absolute Gasteiger partial charge is 0.378 e. The number of amides is 1. The number of hydrogen-bond acceptors (Lipinski definition) is 5. The van der Waals surface area contributed by atoms with Gasteiger partial charge in [-0.3, -0.25) is 4.79 Å². The molecule has 0 unspecified atom stereocenters. The number of rotatable bonds is 4. The van der Waals surface area contributed by atoms with Gasteiger partial charge in [0, 0.05) is 31.7 Å². The second-order valence-corrected chi connectivity index (χ2v) is 6.08. The molecule has 1 aromatic rings. The Kier molecular flexibility index (Phi) is 8.76. The third kappa shape index (κ3) is 5.21. The highest BCUT2D eigenvalue weighted by atomic mass is 35.5. The van der Waals surface area contributed by atoms with Crippen LogP contribution in [-0.2, 0) is 9.53 Å². The average molecular weight is 377 g/mol. The SMILES string of the molecule is Cl.Cl.N[C@@H]1CCC[C@H]1CC(=O)Nc1cccnc1N1CCOCC1. The fraction of sp³-hybridized carbons (Fsp3) is 0.625. The number of ether oxygens (including phenoxy) is 1. The Morgan fingerprint density at radius 3 is 2.75 bits per heavy atom. The predicted molar refractivity (Wildman–Crippen MR) is 100 cm³/mol. The summed E-state index contributed by atoms with van der Waals surface area (Å²) in [6, 6.07) is 3.92. The molecule has 3 N–H and O–H groups in total. The number of nitrogens with two attached hydrogens (primary N) is 1. The number of nitrogens with zero attached hydrogens (tertiary/aromatic N) is 2. The highest BCUT2D eigenvalue weighted by Gasteiger charge is 2.26. The van der Waals surface area contributed by atoms with E-state index in [1.54, 1.807) is 6.20 Å². The Balaban J connectivity index is 0.00000144. The van der Waals surface area contributed by atoms with Gasteiger partial charge >= 0.3 is 0 Å². The van der Waals surface area contributed by atoms with E-state index in [0.717, 1.165) is 43.9 Å². The molecule has 2 atom stereocenters. The second kappa shape index (κ2) is 10.0. The molecule has 1 saturated carbocycles. The molecule has 24 heavy (non-hydrogen) atoms. The van der Waals surface area contributed by atoms with Gasteiger partial charge in [-0.05, 0) is 30.9 Å². The molecule has 3 rings (SSSR count). The van der Waals surface area contributed by atoms with Gasteiger partial charge in [0.15, 0.2) is 5.82 Å². The van der Waals surface area contributed by atoms with Gasteiger partial charge in [-0.15, -0.1) is 24.8 Å². The lowest BCUT2D eigenvalue weighted by Crippen LogP contribution is -2.37. The van der Waals surface area contributed by atoms with E-state index >= 15 is 0 Å². The van der Waals surface area contributed by atoms with Crippen molar-refractivity contribution in [2.24, 2.45) is 11.7 Å². The fourth-order valence-corrected chi connectivity index (χ4v) is 3.28. The van der Waals surface area contributed by atoms with Crippen molar-refractivity contribution in [2.45, 2.75) is 31.7 Å². The molecule has 1 saturated heterocycles. The van der Waals surface area contributed by atoms with Crippen LogP contribution in [0.2, 0.25) is 0 Å². The zero-order chi connectivity index (χ0) is 15.4. The molecule has 0 aromatic carbocycles. The van der Waals surface area contributed by atoms with E-state index < -0.39 is 0 Å². The predicted octanol–water partition coefficient (Wildman–Crippen LogP) is 2.22. The molecule has 0 spiro atoms. The van der Waals surface area contributed by atoms with Crippen molar-refractivity contribution in [3.05, 3.63) is 18.3 Å². The third-order valence-electron chi connectivity index (χ3n) is 4.54. The van der Waals surface area contributed by atoms with Gasteiger partial charge in [-0.25, -0.2) is 4.98 Å². The molecule has 136 valence electrons. The zero-order valence-corrected chi connectivity index (χ0v) is 15.3. The van der Waals surface area contributed by atoms with Crippen LogP contribution in [0.15, 0.2) is 18.3 Å². The van der Waals surface area contributed by atoms with E-state index in [1.807, 2.05) is 12.1 Å². The van der Waals surface area contributed by atoms with Crippen LogP contribution < -0.4 is 16.0 Å². The summed E-state index contributed by atoms with van der Waals surface area (Å²) >= 11 is 0. The quantitative estimate of drug-likeness (QED) is 0.841. The molecule has 1 aromatic heterocycles. The molecule has 2 aliphatic rings. The Bertz CT molecular complexity index is 527. The number of nitrogens with one attached hydrogen (secondary N) is 1. The van der Waals surface area contributed by atoms with E-state index in [2.05, 4.69) is 15.2 Å². The Hall–Kier alpha value is -1.08. The number of carbonyl (C=O) groups excluding carboxylic acids is 1. The van der Waals surface area contributed by atoms with Crippen molar-refractivity contribution in [1.29, 1.82) is 0 Å². The highest BCUT2D eigenvalue weighted by Crippen LogP contribution is 2.28. The molecule has 1 aliphatic carbocycles. The maximum absolute atomic E-state index is 12.3.